The molecule has 2 rings (SSSR count). The molecule has 0 unspecified atom stereocenters. The number of likely N-dealkylation sites (tertiary alicyclic amines) is 1. The van der Waals surface area contributed by atoms with Crippen LogP contribution in [-0.4, -0.2) is 42.3 Å². The summed E-state index contributed by atoms with van der Waals surface area (Å²) >= 11 is 3.33. The Balaban J connectivity index is 2.16. The van der Waals surface area contributed by atoms with Gasteiger partial charge in [0.15, 0.2) is 11.5 Å². The summed E-state index contributed by atoms with van der Waals surface area (Å²) in [5.74, 6) is 0.368. The second-order valence-electron chi connectivity index (χ2n) is 5.36. The van der Waals surface area contributed by atoms with Crippen molar-refractivity contribution in [1.82, 2.24) is 4.90 Å². The normalized spacial score (nSPS) is 19.0. The smallest absolute Gasteiger partial charge is 0.323 e. The number of rotatable bonds is 5. The SMILES string of the molecule is CCOC(=O)[C@H]1CCCCN1Cc1cc(Br)c(O)c(OC)c1. The Morgan fingerprint density at radius 2 is 2.23 bits per heavy atom. The lowest BCUT2D eigenvalue weighted by Gasteiger charge is -2.34. The number of hydrogen-bond acceptors (Lipinski definition) is 5. The summed E-state index contributed by atoms with van der Waals surface area (Å²) in [7, 11) is 1.52. The zero-order chi connectivity index (χ0) is 16.1. The first-order valence-electron chi connectivity index (χ1n) is 7.52. The molecule has 1 fully saturated rings. The van der Waals surface area contributed by atoms with Crippen LogP contribution in [-0.2, 0) is 16.1 Å². The van der Waals surface area contributed by atoms with Crippen molar-refractivity contribution in [3.05, 3.63) is 22.2 Å². The fourth-order valence-corrected chi connectivity index (χ4v) is 3.28. The highest BCUT2D eigenvalue weighted by molar-refractivity contribution is 9.10. The van der Waals surface area contributed by atoms with E-state index in [-0.39, 0.29) is 17.8 Å². The maximum absolute atomic E-state index is 12.1. The Morgan fingerprint density at radius 1 is 1.45 bits per heavy atom. The molecule has 22 heavy (non-hydrogen) atoms. The predicted octanol–water partition coefficient (Wildman–Crippen LogP) is 3.08. The number of methoxy groups -OCH3 is 1. The summed E-state index contributed by atoms with van der Waals surface area (Å²) in [5.41, 5.74) is 0.984. The van der Waals surface area contributed by atoms with E-state index in [0.29, 0.717) is 23.4 Å². The molecule has 5 nitrogen and oxygen atoms in total. The summed E-state index contributed by atoms with van der Waals surface area (Å²) in [6.45, 7) is 3.72. The van der Waals surface area contributed by atoms with E-state index in [4.69, 9.17) is 9.47 Å². The molecule has 1 saturated heterocycles. The van der Waals surface area contributed by atoms with Crippen LogP contribution in [0.3, 0.4) is 0 Å². The number of carbonyl (C=O) groups is 1. The largest absolute Gasteiger partial charge is 0.503 e. The third kappa shape index (κ3) is 3.93. The molecule has 0 amide bonds. The van der Waals surface area contributed by atoms with Gasteiger partial charge in [0.1, 0.15) is 6.04 Å². The number of aromatic hydroxyl groups is 1. The Kier molecular flexibility index (Phi) is 6.08. The molecule has 0 spiro atoms. The molecule has 0 bridgehead atoms. The highest BCUT2D eigenvalue weighted by Crippen LogP contribution is 2.36. The van der Waals surface area contributed by atoms with Crippen LogP contribution >= 0.6 is 15.9 Å². The maximum Gasteiger partial charge on any atom is 0.323 e. The molecular formula is C16H22BrNO4. The highest BCUT2D eigenvalue weighted by atomic mass is 79.9. The van der Waals surface area contributed by atoms with Crippen LogP contribution < -0.4 is 4.74 Å². The van der Waals surface area contributed by atoms with E-state index in [0.717, 1.165) is 31.4 Å². The molecule has 6 heteroatoms. The van der Waals surface area contributed by atoms with Crippen LogP contribution in [0.5, 0.6) is 11.5 Å². The molecule has 1 aromatic carbocycles. The van der Waals surface area contributed by atoms with Crippen molar-refractivity contribution >= 4 is 21.9 Å². The molecule has 1 aliphatic rings. The molecule has 0 aromatic heterocycles. The van der Waals surface area contributed by atoms with E-state index in [1.54, 1.807) is 6.07 Å². The summed E-state index contributed by atoms with van der Waals surface area (Å²) in [6.07, 6.45) is 2.95. The highest BCUT2D eigenvalue weighted by Gasteiger charge is 2.30. The van der Waals surface area contributed by atoms with Crippen molar-refractivity contribution in [3.8, 4) is 11.5 Å². The van der Waals surface area contributed by atoms with Gasteiger partial charge in [-0.2, -0.15) is 0 Å². The van der Waals surface area contributed by atoms with E-state index in [9.17, 15) is 9.90 Å². The Bertz CT molecular complexity index is 535. The number of carbonyl (C=O) groups excluding carboxylic acids is 1. The van der Waals surface area contributed by atoms with Crippen molar-refractivity contribution in [2.75, 3.05) is 20.3 Å². The monoisotopic (exact) mass is 371 g/mol. The van der Waals surface area contributed by atoms with Crippen molar-refractivity contribution in [1.29, 1.82) is 0 Å². The molecule has 1 heterocycles. The second kappa shape index (κ2) is 7.83. The number of ether oxygens (including phenoxy) is 2. The number of nitrogens with zero attached hydrogens (tertiary/aromatic N) is 1. The van der Waals surface area contributed by atoms with Crippen LogP contribution in [0.15, 0.2) is 16.6 Å². The van der Waals surface area contributed by atoms with Gasteiger partial charge in [0.05, 0.1) is 18.2 Å². The average molecular weight is 372 g/mol. The summed E-state index contributed by atoms with van der Waals surface area (Å²) in [5, 5.41) is 9.88. The van der Waals surface area contributed by atoms with Gasteiger partial charge in [0.2, 0.25) is 0 Å². The van der Waals surface area contributed by atoms with Crippen LogP contribution in [0.1, 0.15) is 31.7 Å². The Morgan fingerprint density at radius 3 is 2.91 bits per heavy atom. The van der Waals surface area contributed by atoms with Crippen LogP contribution in [0.4, 0.5) is 0 Å². The minimum absolute atomic E-state index is 0.0897. The number of esters is 1. The van der Waals surface area contributed by atoms with Gasteiger partial charge < -0.3 is 14.6 Å². The van der Waals surface area contributed by atoms with E-state index >= 15 is 0 Å². The zero-order valence-corrected chi connectivity index (χ0v) is 14.6. The average Bonchev–Trinajstić information content (AvgIpc) is 2.51. The van der Waals surface area contributed by atoms with Crippen molar-refractivity contribution in [3.63, 3.8) is 0 Å². The lowest BCUT2D eigenvalue weighted by atomic mass is 10.0. The molecule has 1 aromatic rings. The lowest BCUT2D eigenvalue weighted by Crippen LogP contribution is -2.44. The number of halogens is 1. The van der Waals surface area contributed by atoms with Crippen LogP contribution in [0.2, 0.25) is 0 Å². The van der Waals surface area contributed by atoms with Crippen LogP contribution in [0.25, 0.3) is 0 Å². The Labute approximate surface area is 139 Å². The predicted molar refractivity (Wildman–Crippen MR) is 87.0 cm³/mol. The molecule has 0 radical (unpaired) electrons. The van der Waals surface area contributed by atoms with E-state index in [1.807, 2.05) is 13.0 Å². The number of hydrogen-bond donors (Lipinski definition) is 1. The van der Waals surface area contributed by atoms with Gasteiger partial charge in [-0.05, 0) is 59.9 Å². The molecule has 0 saturated carbocycles. The van der Waals surface area contributed by atoms with Gasteiger partial charge in [-0.1, -0.05) is 6.42 Å². The minimum atomic E-state index is -0.188. The first-order chi connectivity index (χ1) is 10.6. The fraction of sp³-hybridized carbons (Fsp3) is 0.562. The van der Waals surface area contributed by atoms with Gasteiger partial charge in [0, 0.05) is 6.54 Å². The van der Waals surface area contributed by atoms with Gasteiger partial charge in [0.25, 0.3) is 0 Å². The summed E-state index contributed by atoms with van der Waals surface area (Å²) in [4.78, 5) is 14.2. The first kappa shape index (κ1) is 17.1. The molecule has 0 aliphatic carbocycles. The third-order valence-corrected chi connectivity index (χ3v) is 4.47. The van der Waals surface area contributed by atoms with Crippen molar-refractivity contribution < 1.29 is 19.4 Å². The third-order valence-electron chi connectivity index (χ3n) is 3.87. The lowest BCUT2D eigenvalue weighted by molar-refractivity contribution is -0.151. The Hall–Kier alpha value is -1.27. The number of phenolic OH excluding ortho intramolecular Hbond substituents is 1. The summed E-state index contributed by atoms with van der Waals surface area (Å²) in [6, 6.07) is 3.47. The minimum Gasteiger partial charge on any atom is -0.503 e. The van der Waals surface area contributed by atoms with Gasteiger partial charge in [-0.25, -0.2) is 0 Å². The summed E-state index contributed by atoms with van der Waals surface area (Å²) < 4.78 is 11.0. The topological polar surface area (TPSA) is 59.0 Å². The van der Waals surface area contributed by atoms with Gasteiger partial charge in [-0.3, -0.25) is 9.69 Å². The number of piperidine rings is 1. The maximum atomic E-state index is 12.1. The number of benzene rings is 1. The molecule has 1 aliphatic heterocycles. The standard InChI is InChI=1S/C16H22BrNO4/c1-3-22-16(20)13-6-4-5-7-18(13)10-11-8-12(17)15(19)14(9-11)21-2/h8-9,13,19H,3-7,10H2,1-2H3/t13-/m1/s1. The van der Waals surface area contributed by atoms with Crippen molar-refractivity contribution in [2.24, 2.45) is 0 Å². The fourth-order valence-electron chi connectivity index (χ4n) is 2.79. The van der Waals surface area contributed by atoms with E-state index in [2.05, 4.69) is 20.8 Å². The quantitative estimate of drug-likeness (QED) is 0.805. The number of phenols is 1. The zero-order valence-electron chi connectivity index (χ0n) is 13.0. The van der Waals surface area contributed by atoms with Gasteiger partial charge in [-0.15, -0.1) is 0 Å². The molecule has 1 atom stereocenters. The second-order valence-corrected chi connectivity index (χ2v) is 6.22. The molecule has 1 N–H and O–H groups in total. The van der Waals surface area contributed by atoms with E-state index < -0.39 is 0 Å². The van der Waals surface area contributed by atoms with Crippen LogP contribution in [0, 0.1) is 0 Å². The van der Waals surface area contributed by atoms with Gasteiger partial charge >= 0.3 is 5.97 Å². The van der Waals surface area contributed by atoms with Crippen molar-refractivity contribution in [2.45, 2.75) is 38.8 Å². The van der Waals surface area contributed by atoms with E-state index in [1.165, 1.54) is 7.11 Å². The molecule has 122 valence electrons. The molecular weight excluding hydrogens is 350 g/mol. The first-order valence-corrected chi connectivity index (χ1v) is 8.32.